The van der Waals surface area contributed by atoms with Crippen molar-refractivity contribution in [3.8, 4) is 5.75 Å². The SMILES string of the molecule is Cc1cc2c(nc1N1CCC(Oc3cnc4[nH]nc(C)c4c3)CC1)CNC2=O. The van der Waals surface area contributed by atoms with Gasteiger partial charge in [0.1, 0.15) is 17.7 Å². The summed E-state index contributed by atoms with van der Waals surface area (Å²) in [5.74, 6) is 1.74. The molecule has 0 radical (unpaired) electrons. The normalized spacial score (nSPS) is 17.1. The molecule has 0 unspecified atom stereocenters. The zero-order valence-electron chi connectivity index (χ0n) is 16.0. The molecular weight excluding hydrogens is 356 g/mol. The van der Waals surface area contributed by atoms with Gasteiger partial charge >= 0.3 is 0 Å². The summed E-state index contributed by atoms with van der Waals surface area (Å²) in [5.41, 5.74) is 4.30. The first-order valence-electron chi connectivity index (χ1n) is 9.59. The van der Waals surface area contributed by atoms with Gasteiger partial charge in [0.15, 0.2) is 5.65 Å². The highest BCUT2D eigenvalue weighted by atomic mass is 16.5. The van der Waals surface area contributed by atoms with Crippen LogP contribution in [-0.4, -0.2) is 45.3 Å². The van der Waals surface area contributed by atoms with Crippen LogP contribution in [0, 0.1) is 13.8 Å². The molecule has 0 bridgehead atoms. The van der Waals surface area contributed by atoms with Crippen LogP contribution >= 0.6 is 0 Å². The Morgan fingerprint density at radius 1 is 1.21 bits per heavy atom. The molecule has 3 aromatic rings. The molecule has 8 heteroatoms. The largest absolute Gasteiger partial charge is 0.489 e. The number of anilines is 1. The summed E-state index contributed by atoms with van der Waals surface area (Å²) in [5, 5.41) is 10.9. The number of nitrogens with zero attached hydrogens (tertiary/aromatic N) is 4. The summed E-state index contributed by atoms with van der Waals surface area (Å²) < 4.78 is 6.18. The summed E-state index contributed by atoms with van der Waals surface area (Å²) in [4.78, 5) is 23.2. The number of ether oxygens (including phenoxy) is 1. The summed E-state index contributed by atoms with van der Waals surface area (Å²) in [6, 6.07) is 3.96. The zero-order valence-corrected chi connectivity index (χ0v) is 16.0. The van der Waals surface area contributed by atoms with Crippen molar-refractivity contribution in [2.24, 2.45) is 0 Å². The van der Waals surface area contributed by atoms with Gasteiger partial charge in [-0.3, -0.25) is 9.89 Å². The number of H-pyrrole nitrogens is 1. The average Bonchev–Trinajstić information content (AvgIpc) is 3.25. The minimum Gasteiger partial charge on any atom is -0.489 e. The highest BCUT2D eigenvalue weighted by molar-refractivity contribution is 5.98. The predicted octanol–water partition coefficient (Wildman–Crippen LogP) is 2.26. The van der Waals surface area contributed by atoms with Crippen LogP contribution in [-0.2, 0) is 6.54 Å². The molecular formula is C20H22N6O2. The van der Waals surface area contributed by atoms with E-state index in [1.165, 1.54) is 0 Å². The standard InChI is InChI=1S/C20H22N6O2/c1-11-7-16-17(10-22-20(16)27)23-19(11)26-5-3-13(4-6-26)28-14-8-15-12(2)24-25-18(15)21-9-14/h7-9,13H,3-6,10H2,1-2H3,(H,22,27)(H,21,24,25). The molecule has 0 atom stereocenters. The maximum Gasteiger partial charge on any atom is 0.253 e. The molecule has 0 aliphatic carbocycles. The molecule has 144 valence electrons. The van der Waals surface area contributed by atoms with Crippen LogP contribution in [0.1, 0.15) is 40.2 Å². The quantitative estimate of drug-likeness (QED) is 0.726. The molecule has 1 fully saturated rings. The van der Waals surface area contributed by atoms with Gasteiger partial charge in [-0.05, 0) is 31.5 Å². The van der Waals surface area contributed by atoms with E-state index < -0.39 is 0 Å². The lowest BCUT2D eigenvalue weighted by atomic mass is 10.1. The molecule has 5 rings (SSSR count). The number of aromatic nitrogens is 4. The van der Waals surface area contributed by atoms with Crippen LogP contribution in [0.25, 0.3) is 11.0 Å². The maximum atomic E-state index is 11.8. The van der Waals surface area contributed by atoms with E-state index in [2.05, 4.69) is 25.4 Å². The highest BCUT2D eigenvalue weighted by Crippen LogP contribution is 2.28. The minimum absolute atomic E-state index is 0.0253. The molecule has 2 aliphatic rings. The second kappa shape index (κ2) is 6.47. The third-order valence-corrected chi connectivity index (χ3v) is 5.55. The van der Waals surface area contributed by atoms with Gasteiger partial charge in [0.2, 0.25) is 0 Å². The lowest BCUT2D eigenvalue weighted by Gasteiger charge is -2.33. The smallest absolute Gasteiger partial charge is 0.253 e. The number of hydrogen-bond acceptors (Lipinski definition) is 6. The van der Waals surface area contributed by atoms with Gasteiger partial charge in [0.05, 0.1) is 29.7 Å². The first-order chi connectivity index (χ1) is 13.6. The van der Waals surface area contributed by atoms with Crippen molar-refractivity contribution in [1.29, 1.82) is 0 Å². The van der Waals surface area contributed by atoms with Gasteiger partial charge in [0, 0.05) is 31.3 Å². The topological polar surface area (TPSA) is 96.0 Å². The molecule has 1 saturated heterocycles. The van der Waals surface area contributed by atoms with Crippen molar-refractivity contribution in [3.05, 3.63) is 40.8 Å². The fraction of sp³-hybridized carbons (Fsp3) is 0.400. The summed E-state index contributed by atoms with van der Waals surface area (Å²) in [7, 11) is 0. The molecule has 0 spiro atoms. The van der Waals surface area contributed by atoms with E-state index in [4.69, 9.17) is 9.72 Å². The number of nitrogens with one attached hydrogen (secondary N) is 2. The van der Waals surface area contributed by atoms with Crippen molar-refractivity contribution >= 4 is 22.8 Å². The molecule has 2 N–H and O–H groups in total. The van der Waals surface area contributed by atoms with E-state index in [-0.39, 0.29) is 12.0 Å². The Morgan fingerprint density at radius 2 is 2.04 bits per heavy atom. The number of fused-ring (bicyclic) bond motifs is 2. The number of piperidine rings is 1. The van der Waals surface area contributed by atoms with Gasteiger partial charge in [-0.25, -0.2) is 9.97 Å². The van der Waals surface area contributed by atoms with E-state index in [0.717, 1.165) is 65.5 Å². The Morgan fingerprint density at radius 3 is 2.86 bits per heavy atom. The van der Waals surface area contributed by atoms with Crippen molar-refractivity contribution in [1.82, 2.24) is 25.5 Å². The number of carbonyl (C=O) groups is 1. The fourth-order valence-electron chi connectivity index (χ4n) is 4.00. The van der Waals surface area contributed by atoms with E-state index in [9.17, 15) is 4.79 Å². The minimum atomic E-state index is -0.0253. The third-order valence-electron chi connectivity index (χ3n) is 5.55. The van der Waals surface area contributed by atoms with Crippen molar-refractivity contribution in [2.75, 3.05) is 18.0 Å². The van der Waals surface area contributed by atoms with E-state index in [1.807, 2.05) is 26.0 Å². The van der Waals surface area contributed by atoms with Gasteiger partial charge in [-0.15, -0.1) is 0 Å². The van der Waals surface area contributed by atoms with Crippen molar-refractivity contribution < 1.29 is 9.53 Å². The van der Waals surface area contributed by atoms with Crippen molar-refractivity contribution in [2.45, 2.75) is 39.3 Å². The zero-order chi connectivity index (χ0) is 19.3. The second-order valence-corrected chi connectivity index (χ2v) is 7.49. The average molecular weight is 378 g/mol. The number of rotatable bonds is 3. The fourth-order valence-corrected chi connectivity index (χ4v) is 4.00. The van der Waals surface area contributed by atoms with Crippen LogP contribution in [0.2, 0.25) is 0 Å². The number of aromatic amines is 1. The number of carbonyl (C=O) groups excluding carboxylic acids is 1. The third kappa shape index (κ3) is 2.85. The van der Waals surface area contributed by atoms with E-state index in [1.54, 1.807) is 6.20 Å². The second-order valence-electron chi connectivity index (χ2n) is 7.49. The lowest BCUT2D eigenvalue weighted by molar-refractivity contribution is 0.0965. The Hall–Kier alpha value is -3.16. The molecule has 5 heterocycles. The van der Waals surface area contributed by atoms with E-state index in [0.29, 0.717) is 12.1 Å². The monoisotopic (exact) mass is 378 g/mol. The predicted molar refractivity (Wildman–Crippen MR) is 105 cm³/mol. The summed E-state index contributed by atoms with van der Waals surface area (Å²) in [6.45, 7) is 6.24. The van der Waals surface area contributed by atoms with E-state index >= 15 is 0 Å². The van der Waals surface area contributed by atoms with Gasteiger partial charge < -0.3 is 15.0 Å². The van der Waals surface area contributed by atoms with Gasteiger partial charge in [0.25, 0.3) is 5.91 Å². The van der Waals surface area contributed by atoms with Crippen LogP contribution in [0.5, 0.6) is 5.75 Å². The molecule has 2 aliphatic heterocycles. The Labute approximate surface area is 162 Å². The van der Waals surface area contributed by atoms with Gasteiger partial charge in [-0.2, -0.15) is 5.10 Å². The molecule has 0 aromatic carbocycles. The van der Waals surface area contributed by atoms with Crippen LogP contribution in [0.4, 0.5) is 5.82 Å². The van der Waals surface area contributed by atoms with Crippen LogP contribution in [0.3, 0.4) is 0 Å². The van der Waals surface area contributed by atoms with Crippen LogP contribution < -0.4 is 15.0 Å². The molecule has 1 amide bonds. The first-order valence-corrected chi connectivity index (χ1v) is 9.59. The molecule has 28 heavy (non-hydrogen) atoms. The Bertz CT molecular complexity index is 1070. The highest BCUT2D eigenvalue weighted by Gasteiger charge is 2.26. The molecule has 3 aromatic heterocycles. The lowest BCUT2D eigenvalue weighted by Crippen LogP contribution is -2.39. The first kappa shape index (κ1) is 17.0. The number of pyridine rings is 2. The molecule has 0 saturated carbocycles. The van der Waals surface area contributed by atoms with Gasteiger partial charge in [-0.1, -0.05) is 0 Å². The number of amides is 1. The summed E-state index contributed by atoms with van der Waals surface area (Å²) in [6.07, 6.45) is 3.73. The van der Waals surface area contributed by atoms with Crippen LogP contribution in [0.15, 0.2) is 18.3 Å². The van der Waals surface area contributed by atoms with Crippen molar-refractivity contribution in [3.63, 3.8) is 0 Å². The summed E-state index contributed by atoms with van der Waals surface area (Å²) >= 11 is 0. The number of hydrogen-bond donors (Lipinski definition) is 2. The maximum absolute atomic E-state index is 11.8. The Balaban J connectivity index is 1.27. The Kier molecular flexibility index (Phi) is 3.92. The molecule has 8 nitrogen and oxygen atoms in total. The number of aryl methyl sites for hydroxylation is 2.